The molecular formula is C19H19ClN2O4. The Kier molecular flexibility index (Phi) is 6.10. The second-order valence-corrected chi connectivity index (χ2v) is 7.08. The van der Waals surface area contributed by atoms with E-state index in [1.54, 1.807) is 12.1 Å². The van der Waals surface area contributed by atoms with Crippen molar-refractivity contribution < 1.29 is 19.1 Å². The van der Waals surface area contributed by atoms with Gasteiger partial charge in [-0.25, -0.2) is 9.78 Å². The zero-order valence-corrected chi connectivity index (χ0v) is 15.5. The first-order valence-electron chi connectivity index (χ1n) is 7.90. The number of amides is 2. The summed E-state index contributed by atoms with van der Waals surface area (Å²) in [4.78, 5) is 39.4. The van der Waals surface area contributed by atoms with Crippen molar-refractivity contribution in [2.45, 2.75) is 26.2 Å². The Bertz CT molecular complexity index is 826. The molecule has 0 saturated carbocycles. The van der Waals surface area contributed by atoms with Crippen LogP contribution in [-0.2, 0) is 14.9 Å². The van der Waals surface area contributed by atoms with Crippen molar-refractivity contribution in [1.82, 2.24) is 10.3 Å². The summed E-state index contributed by atoms with van der Waals surface area (Å²) in [6.45, 7) is 5.59. The fourth-order valence-electron chi connectivity index (χ4n) is 2.08. The van der Waals surface area contributed by atoms with Gasteiger partial charge in [-0.3, -0.25) is 14.9 Å². The number of pyridine rings is 1. The average molecular weight is 375 g/mol. The first-order valence-corrected chi connectivity index (χ1v) is 8.28. The van der Waals surface area contributed by atoms with Crippen LogP contribution in [0, 0.1) is 0 Å². The van der Waals surface area contributed by atoms with Crippen molar-refractivity contribution in [3.05, 3.63) is 64.4 Å². The lowest BCUT2D eigenvalue weighted by atomic mass is 9.87. The van der Waals surface area contributed by atoms with Gasteiger partial charge in [-0.05, 0) is 35.2 Å². The van der Waals surface area contributed by atoms with E-state index < -0.39 is 24.4 Å². The Morgan fingerprint density at radius 3 is 2.35 bits per heavy atom. The van der Waals surface area contributed by atoms with Crippen LogP contribution in [0.15, 0.2) is 42.6 Å². The summed E-state index contributed by atoms with van der Waals surface area (Å²) < 4.78 is 4.82. The van der Waals surface area contributed by atoms with E-state index in [0.29, 0.717) is 10.6 Å². The van der Waals surface area contributed by atoms with E-state index in [9.17, 15) is 14.4 Å². The van der Waals surface area contributed by atoms with Crippen LogP contribution in [0.2, 0.25) is 5.02 Å². The lowest BCUT2D eigenvalue weighted by Gasteiger charge is -2.18. The highest BCUT2D eigenvalue weighted by Crippen LogP contribution is 2.22. The number of nitrogens with one attached hydrogen (secondary N) is 1. The van der Waals surface area contributed by atoms with Crippen LogP contribution in [0.4, 0.5) is 0 Å². The third-order valence-corrected chi connectivity index (χ3v) is 3.77. The fraction of sp³-hybridized carbons (Fsp3) is 0.263. The topological polar surface area (TPSA) is 85.4 Å². The van der Waals surface area contributed by atoms with Crippen molar-refractivity contribution in [3.8, 4) is 0 Å². The molecule has 26 heavy (non-hydrogen) atoms. The van der Waals surface area contributed by atoms with Gasteiger partial charge in [0.1, 0.15) is 5.69 Å². The van der Waals surface area contributed by atoms with Gasteiger partial charge in [0.05, 0.1) is 0 Å². The van der Waals surface area contributed by atoms with Gasteiger partial charge in [-0.2, -0.15) is 0 Å². The molecule has 6 nitrogen and oxygen atoms in total. The predicted octanol–water partition coefficient (Wildman–Crippen LogP) is 3.15. The van der Waals surface area contributed by atoms with Crippen molar-refractivity contribution in [2.75, 3.05) is 6.61 Å². The number of hydrogen-bond acceptors (Lipinski definition) is 5. The van der Waals surface area contributed by atoms with Crippen LogP contribution in [0.3, 0.4) is 0 Å². The zero-order valence-electron chi connectivity index (χ0n) is 14.7. The largest absolute Gasteiger partial charge is 0.451 e. The SMILES string of the molecule is CC(C)(C)c1ccc(C(=O)NC(=O)COC(=O)c2cc(Cl)ccn2)cc1. The Labute approximate surface area is 156 Å². The highest BCUT2D eigenvalue weighted by molar-refractivity contribution is 6.30. The standard InChI is InChI=1S/C19H19ClN2O4/c1-19(2,3)13-6-4-12(5-7-13)17(24)22-16(23)11-26-18(25)15-10-14(20)8-9-21-15/h4-10H,11H2,1-3H3,(H,22,23,24). The van der Waals surface area contributed by atoms with E-state index >= 15 is 0 Å². The quantitative estimate of drug-likeness (QED) is 0.831. The molecular weight excluding hydrogens is 356 g/mol. The van der Waals surface area contributed by atoms with E-state index in [0.717, 1.165) is 5.56 Å². The average Bonchev–Trinajstić information content (AvgIpc) is 2.59. The minimum absolute atomic E-state index is 0.0191. The molecule has 0 fully saturated rings. The molecule has 1 heterocycles. The molecule has 2 rings (SSSR count). The molecule has 136 valence electrons. The summed E-state index contributed by atoms with van der Waals surface area (Å²) in [5.41, 5.74) is 1.36. The highest BCUT2D eigenvalue weighted by atomic mass is 35.5. The number of aromatic nitrogens is 1. The summed E-state index contributed by atoms with van der Waals surface area (Å²) in [6, 6.07) is 9.79. The number of benzene rings is 1. The molecule has 1 N–H and O–H groups in total. The third kappa shape index (κ3) is 5.39. The predicted molar refractivity (Wildman–Crippen MR) is 97.1 cm³/mol. The molecule has 0 saturated heterocycles. The fourth-order valence-corrected chi connectivity index (χ4v) is 2.24. The van der Waals surface area contributed by atoms with Gasteiger partial charge in [0, 0.05) is 16.8 Å². The zero-order chi connectivity index (χ0) is 19.3. The lowest BCUT2D eigenvalue weighted by molar-refractivity contribution is -0.123. The summed E-state index contributed by atoms with van der Waals surface area (Å²) in [5.74, 6) is -2.10. The van der Waals surface area contributed by atoms with E-state index in [2.05, 4.69) is 31.1 Å². The van der Waals surface area contributed by atoms with E-state index in [-0.39, 0.29) is 11.1 Å². The maximum absolute atomic E-state index is 12.1. The van der Waals surface area contributed by atoms with Crippen LogP contribution in [0.5, 0.6) is 0 Å². The van der Waals surface area contributed by atoms with Gasteiger partial charge in [0.15, 0.2) is 6.61 Å². The van der Waals surface area contributed by atoms with Crippen LogP contribution in [0.25, 0.3) is 0 Å². The molecule has 0 unspecified atom stereocenters. The third-order valence-electron chi connectivity index (χ3n) is 3.53. The van der Waals surface area contributed by atoms with Gasteiger partial charge >= 0.3 is 5.97 Å². The molecule has 0 spiro atoms. The van der Waals surface area contributed by atoms with Gasteiger partial charge in [0.25, 0.3) is 11.8 Å². The first kappa shape index (κ1) is 19.6. The molecule has 7 heteroatoms. The minimum atomic E-state index is -0.801. The maximum atomic E-state index is 12.1. The first-order chi connectivity index (χ1) is 12.2. The van der Waals surface area contributed by atoms with Crippen LogP contribution in [0.1, 0.15) is 47.2 Å². The summed E-state index contributed by atoms with van der Waals surface area (Å²) in [5, 5.41) is 2.50. The number of rotatable bonds is 4. The number of nitrogens with zero attached hydrogens (tertiary/aromatic N) is 1. The molecule has 0 aliphatic heterocycles. The molecule has 0 atom stereocenters. The van der Waals surface area contributed by atoms with Crippen molar-refractivity contribution in [2.24, 2.45) is 0 Å². The molecule has 0 bridgehead atoms. The maximum Gasteiger partial charge on any atom is 0.357 e. The van der Waals surface area contributed by atoms with E-state index in [4.69, 9.17) is 16.3 Å². The second kappa shape index (κ2) is 8.10. The molecule has 1 aromatic carbocycles. The minimum Gasteiger partial charge on any atom is -0.451 e. The van der Waals surface area contributed by atoms with Crippen molar-refractivity contribution >= 4 is 29.4 Å². The number of esters is 1. The van der Waals surface area contributed by atoms with Crippen LogP contribution < -0.4 is 5.32 Å². The Balaban J connectivity index is 1.89. The normalized spacial score (nSPS) is 10.9. The van der Waals surface area contributed by atoms with Crippen molar-refractivity contribution in [1.29, 1.82) is 0 Å². The molecule has 2 amide bonds. The molecule has 0 aliphatic rings. The van der Waals surface area contributed by atoms with Gasteiger partial charge in [0.2, 0.25) is 0 Å². The molecule has 2 aromatic rings. The monoisotopic (exact) mass is 374 g/mol. The van der Waals surface area contributed by atoms with Gasteiger partial charge in [-0.1, -0.05) is 44.5 Å². The summed E-state index contributed by atoms with van der Waals surface area (Å²) in [6.07, 6.45) is 1.35. The highest BCUT2D eigenvalue weighted by Gasteiger charge is 2.17. The van der Waals surface area contributed by atoms with Crippen LogP contribution in [-0.4, -0.2) is 29.4 Å². The number of ether oxygens (including phenoxy) is 1. The Morgan fingerprint density at radius 1 is 1.12 bits per heavy atom. The molecule has 1 aromatic heterocycles. The Morgan fingerprint density at radius 2 is 1.77 bits per heavy atom. The number of carbonyl (C=O) groups is 3. The summed E-state index contributed by atoms with van der Waals surface area (Å²) in [7, 11) is 0. The number of hydrogen-bond donors (Lipinski definition) is 1. The number of carbonyl (C=O) groups excluding carboxylic acids is 3. The summed E-state index contributed by atoms with van der Waals surface area (Å²) >= 11 is 5.76. The van der Waals surface area contributed by atoms with Crippen molar-refractivity contribution in [3.63, 3.8) is 0 Å². The van der Waals surface area contributed by atoms with E-state index in [1.165, 1.54) is 18.3 Å². The Hall–Kier alpha value is -2.73. The number of imide groups is 1. The van der Waals surface area contributed by atoms with Crippen LogP contribution >= 0.6 is 11.6 Å². The van der Waals surface area contributed by atoms with Gasteiger partial charge in [-0.15, -0.1) is 0 Å². The molecule has 0 aliphatic carbocycles. The van der Waals surface area contributed by atoms with E-state index in [1.807, 2.05) is 12.1 Å². The second-order valence-electron chi connectivity index (χ2n) is 6.64. The smallest absolute Gasteiger partial charge is 0.357 e. The lowest BCUT2D eigenvalue weighted by Crippen LogP contribution is -2.34. The molecule has 0 radical (unpaired) electrons. The number of halogens is 1. The van der Waals surface area contributed by atoms with Gasteiger partial charge < -0.3 is 4.74 Å².